The van der Waals surface area contributed by atoms with E-state index in [0.717, 1.165) is 17.4 Å². The number of hydrogen-bond donors (Lipinski definition) is 1. The van der Waals surface area contributed by atoms with Crippen LogP contribution in [0.3, 0.4) is 0 Å². The number of nitrogens with zero attached hydrogens (tertiary/aromatic N) is 3. The van der Waals surface area contributed by atoms with Crippen molar-refractivity contribution < 1.29 is 9.72 Å². The Hall–Kier alpha value is -2.49. The van der Waals surface area contributed by atoms with Crippen molar-refractivity contribution in [2.45, 2.75) is 10.1 Å². The van der Waals surface area contributed by atoms with E-state index in [4.69, 9.17) is 11.6 Å². The third kappa shape index (κ3) is 4.57. The number of nitrogens with one attached hydrogen (secondary N) is 1. The topological polar surface area (TPSA) is 98.0 Å². The maximum absolute atomic E-state index is 12.3. The zero-order valence-electron chi connectivity index (χ0n) is 13.1. The van der Waals surface area contributed by atoms with Crippen molar-refractivity contribution in [2.75, 3.05) is 5.32 Å². The first-order valence-electron chi connectivity index (χ1n) is 7.28. The minimum atomic E-state index is -0.587. The highest BCUT2D eigenvalue weighted by Crippen LogP contribution is 2.29. The molecule has 0 radical (unpaired) electrons. The van der Waals surface area contributed by atoms with Crippen molar-refractivity contribution in [3.05, 3.63) is 74.8 Å². The molecule has 0 fully saturated rings. The number of benzene rings is 2. The highest BCUT2D eigenvalue weighted by molar-refractivity contribution is 8.00. The number of amides is 1. The lowest BCUT2D eigenvalue weighted by molar-refractivity contribution is -0.384. The van der Waals surface area contributed by atoms with Gasteiger partial charge in [0.25, 0.3) is 11.6 Å². The van der Waals surface area contributed by atoms with Gasteiger partial charge in [-0.15, -0.1) is 10.2 Å². The minimum absolute atomic E-state index is 0.00885. The van der Waals surface area contributed by atoms with Crippen molar-refractivity contribution in [3.8, 4) is 0 Å². The summed E-state index contributed by atoms with van der Waals surface area (Å²) >= 11 is 8.69. The Morgan fingerprint density at radius 3 is 2.73 bits per heavy atom. The summed E-state index contributed by atoms with van der Waals surface area (Å²) < 4.78 is 0.703. The highest BCUT2D eigenvalue weighted by Gasteiger charge is 2.17. The van der Waals surface area contributed by atoms with E-state index in [1.165, 1.54) is 35.2 Å². The maximum Gasteiger partial charge on any atom is 0.270 e. The number of halogens is 1. The Labute approximate surface area is 161 Å². The summed E-state index contributed by atoms with van der Waals surface area (Å²) in [6.45, 7) is 0. The molecular weight excluding hydrogens is 396 g/mol. The van der Waals surface area contributed by atoms with Crippen LogP contribution in [0.15, 0.2) is 52.9 Å². The number of non-ortho nitro benzene ring substituents is 1. The smallest absolute Gasteiger partial charge is 0.270 e. The molecule has 0 bridgehead atoms. The summed E-state index contributed by atoms with van der Waals surface area (Å²) in [4.78, 5) is 22.6. The van der Waals surface area contributed by atoms with E-state index in [-0.39, 0.29) is 16.3 Å². The SMILES string of the molecule is O=C(Nc1nnc(SCc2ccccc2)s1)c1cc([N+](=O)[O-])ccc1Cl. The number of aromatic nitrogens is 2. The molecule has 0 aliphatic heterocycles. The first kappa shape index (κ1) is 18.3. The van der Waals surface area contributed by atoms with E-state index < -0.39 is 10.8 Å². The van der Waals surface area contributed by atoms with Gasteiger partial charge in [0.2, 0.25) is 5.13 Å². The molecule has 0 saturated heterocycles. The van der Waals surface area contributed by atoms with Gasteiger partial charge in [-0.2, -0.15) is 0 Å². The summed E-state index contributed by atoms with van der Waals surface area (Å²) in [5.74, 6) is 0.162. The van der Waals surface area contributed by atoms with Crippen molar-refractivity contribution in [2.24, 2.45) is 0 Å². The van der Waals surface area contributed by atoms with Crippen LogP contribution < -0.4 is 5.32 Å². The molecule has 1 heterocycles. The van der Waals surface area contributed by atoms with E-state index in [1.807, 2.05) is 30.3 Å². The second kappa shape index (κ2) is 8.26. The lowest BCUT2D eigenvalue weighted by atomic mass is 10.2. The van der Waals surface area contributed by atoms with Crippen LogP contribution >= 0.6 is 34.7 Å². The second-order valence-corrected chi connectivity index (χ2v) is 7.63. The predicted octanol–water partition coefficient (Wildman–Crippen LogP) is 4.64. The fourth-order valence-corrected chi connectivity index (χ4v) is 3.91. The number of hydrogen-bond acceptors (Lipinski definition) is 7. The number of anilines is 1. The predicted molar refractivity (Wildman–Crippen MR) is 102 cm³/mol. The summed E-state index contributed by atoms with van der Waals surface area (Å²) in [6.07, 6.45) is 0. The van der Waals surface area contributed by atoms with E-state index in [9.17, 15) is 14.9 Å². The lowest BCUT2D eigenvalue weighted by Crippen LogP contribution is -2.12. The van der Waals surface area contributed by atoms with Gasteiger partial charge in [-0.1, -0.05) is 65.0 Å². The van der Waals surface area contributed by atoms with E-state index in [0.29, 0.717) is 9.47 Å². The molecule has 26 heavy (non-hydrogen) atoms. The van der Waals surface area contributed by atoms with Crippen molar-refractivity contribution in [1.29, 1.82) is 0 Å². The molecule has 1 N–H and O–H groups in total. The first-order valence-corrected chi connectivity index (χ1v) is 9.46. The van der Waals surface area contributed by atoms with Gasteiger partial charge in [0.1, 0.15) is 0 Å². The monoisotopic (exact) mass is 406 g/mol. The van der Waals surface area contributed by atoms with Crippen molar-refractivity contribution >= 4 is 51.4 Å². The molecule has 0 spiro atoms. The molecule has 7 nitrogen and oxygen atoms in total. The van der Waals surface area contributed by atoms with Crippen LogP contribution in [0.1, 0.15) is 15.9 Å². The molecule has 1 amide bonds. The van der Waals surface area contributed by atoms with Crippen LogP contribution in [-0.4, -0.2) is 21.0 Å². The number of nitro benzene ring substituents is 1. The molecule has 1 aromatic heterocycles. The molecule has 2 aromatic carbocycles. The maximum atomic E-state index is 12.3. The summed E-state index contributed by atoms with van der Waals surface area (Å²) in [5, 5.41) is 21.8. The fourth-order valence-electron chi connectivity index (χ4n) is 2.00. The largest absolute Gasteiger partial charge is 0.296 e. The number of carbonyl (C=O) groups excluding carboxylic acids is 1. The molecule has 0 saturated carbocycles. The fraction of sp³-hybridized carbons (Fsp3) is 0.0625. The molecule has 10 heteroatoms. The number of carbonyl (C=O) groups is 1. The number of rotatable bonds is 6. The summed E-state index contributed by atoms with van der Waals surface area (Å²) in [5.41, 5.74) is 0.951. The zero-order valence-corrected chi connectivity index (χ0v) is 15.5. The van der Waals surface area contributed by atoms with Gasteiger partial charge in [-0.3, -0.25) is 20.2 Å². The van der Waals surface area contributed by atoms with Gasteiger partial charge >= 0.3 is 0 Å². The highest BCUT2D eigenvalue weighted by atomic mass is 35.5. The second-order valence-electron chi connectivity index (χ2n) is 5.02. The minimum Gasteiger partial charge on any atom is -0.296 e. The standard InChI is InChI=1S/C16H11ClN4O3S2/c17-13-7-6-11(21(23)24)8-12(13)14(22)18-15-19-20-16(26-15)25-9-10-4-2-1-3-5-10/h1-8H,9H2,(H,18,19,22). The van der Waals surface area contributed by atoms with Gasteiger partial charge in [0.05, 0.1) is 15.5 Å². The Bertz CT molecular complexity index is 950. The van der Waals surface area contributed by atoms with Crippen LogP contribution in [-0.2, 0) is 5.75 Å². The average Bonchev–Trinajstić information content (AvgIpc) is 3.08. The molecule has 0 aliphatic carbocycles. The van der Waals surface area contributed by atoms with Gasteiger partial charge in [0.15, 0.2) is 4.34 Å². The Balaban J connectivity index is 1.66. The number of thioether (sulfide) groups is 1. The van der Waals surface area contributed by atoms with Crippen LogP contribution in [0.4, 0.5) is 10.8 Å². The summed E-state index contributed by atoms with van der Waals surface area (Å²) in [7, 11) is 0. The van der Waals surface area contributed by atoms with E-state index >= 15 is 0 Å². The number of nitro groups is 1. The molecule has 132 valence electrons. The van der Waals surface area contributed by atoms with Gasteiger partial charge < -0.3 is 0 Å². The Kier molecular flexibility index (Phi) is 5.82. The molecule has 0 atom stereocenters. The van der Waals surface area contributed by atoms with Crippen LogP contribution in [0.5, 0.6) is 0 Å². The lowest BCUT2D eigenvalue weighted by Gasteiger charge is -2.03. The average molecular weight is 407 g/mol. The zero-order chi connectivity index (χ0) is 18.5. The normalized spacial score (nSPS) is 10.5. The quantitative estimate of drug-likeness (QED) is 0.277. The van der Waals surface area contributed by atoms with Crippen LogP contribution in [0.25, 0.3) is 0 Å². The third-order valence-corrected chi connectivity index (χ3v) is 5.61. The Morgan fingerprint density at radius 2 is 2.00 bits per heavy atom. The molecule has 0 aliphatic rings. The van der Waals surface area contributed by atoms with Crippen LogP contribution in [0, 0.1) is 10.1 Å². The Morgan fingerprint density at radius 1 is 1.23 bits per heavy atom. The van der Waals surface area contributed by atoms with Gasteiger partial charge in [-0.05, 0) is 11.6 Å². The molecule has 3 rings (SSSR count). The van der Waals surface area contributed by atoms with Gasteiger partial charge in [0, 0.05) is 17.9 Å². The summed E-state index contributed by atoms with van der Waals surface area (Å²) in [6, 6.07) is 13.6. The molecule has 3 aromatic rings. The van der Waals surface area contributed by atoms with Crippen molar-refractivity contribution in [1.82, 2.24) is 10.2 Å². The first-order chi connectivity index (χ1) is 12.5. The third-order valence-electron chi connectivity index (χ3n) is 3.24. The molecule has 0 unspecified atom stereocenters. The van der Waals surface area contributed by atoms with Crippen molar-refractivity contribution in [3.63, 3.8) is 0 Å². The van der Waals surface area contributed by atoms with E-state index in [2.05, 4.69) is 15.5 Å². The van der Waals surface area contributed by atoms with E-state index in [1.54, 1.807) is 0 Å². The molecular formula is C16H11ClN4O3S2. The van der Waals surface area contributed by atoms with Crippen LogP contribution in [0.2, 0.25) is 5.02 Å². The van der Waals surface area contributed by atoms with Gasteiger partial charge in [-0.25, -0.2) is 0 Å².